The van der Waals surface area contributed by atoms with E-state index in [9.17, 15) is 18.8 Å². The van der Waals surface area contributed by atoms with Crippen LogP contribution < -0.4 is 10.6 Å². The largest absolute Gasteiger partial charge is 0.496 e. The van der Waals surface area contributed by atoms with Crippen LogP contribution in [0.15, 0.2) is 42.6 Å². The summed E-state index contributed by atoms with van der Waals surface area (Å²) < 4.78 is 20.2. The summed E-state index contributed by atoms with van der Waals surface area (Å²) in [4.78, 5) is 45.6. The smallest absolute Gasteiger partial charge is 0.295 e. The van der Waals surface area contributed by atoms with E-state index in [2.05, 4.69) is 11.8 Å². The molecule has 2 saturated heterocycles. The van der Waals surface area contributed by atoms with Crippen molar-refractivity contribution < 1.29 is 23.5 Å². The number of fused-ring (bicyclic) bond motifs is 1. The van der Waals surface area contributed by atoms with Gasteiger partial charge in [-0.2, -0.15) is 0 Å². The van der Waals surface area contributed by atoms with Gasteiger partial charge in [0.25, 0.3) is 17.6 Å². The third kappa shape index (κ3) is 5.08. The lowest BCUT2D eigenvalue weighted by molar-refractivity contribution is -0.125. The Bertz CT molecular complexity index is 1410. The molecule has 5 rings (SSSR count). The molecule has 0 unspecified atom stereocenters. The average Bonchev–Trinajstić information content (AvgIpc) is 3.58. The van der Waals surface area contributed by atoms with Gasteiger partial charge in [0, 0.05) is 62.5 Å². The summed E-state index contributed by atoms with van der Waals surface area (Å²) in [6.45, 7) is 6.96. The van der Waals surface area contributed by atoms with Crippen LogP contribution in [-0.2, 0) is 11.3 Å². The Labute approximate surface area is 226 Å². The third-order valence-electron chi connectivity index (χ3n) is 7.89. The van der Waals surface area contributed by atoms with Crippen LogP contribution in [0.4, 0.5) is 4.39 Å². The second-order valence-corrected chi connectivity index (χ2v) is 10.6. The van der Waals surface area contributed by atoms with Gasteiger partial charge in [0.1, 0.15) is 11.6 Å². The molecule has 39 heavy (non-hydrogen) atoms. The van der Waals surface area contributed by atoms with Crippen molar-refractivity contribution in [3.8, 4) is 5.75 Å². The lowest BCUT2D eigenvalue weighted by Crippen LogP contribution is -2.57. The van der Waals surface area contributed by atoms with E-state index in [4.69, 9.17) is 10.6 Å². The number of aromatic nitrogens is 1. The standard InChI is InChI=1S/C29H34FN5O4/c1-18-15-34(19(2)14-33(18)16-20-6-8-21(30)9-7-20)28(37)23-12-22-24(17-35(31)25(22)13-26(23)39-3)27(36)29(38)32-10-4-5-11-32/h6-9,12-13,17-19H,4-5,10-11,14-16,31H2,1-3H3/t18-,19+/m0/s1. The molecule has 2 aliphatic heterocycles. The minimum absolute atomic E-state index is 0.0604. The first-order chi connectivity index (χ1) is 18.7. The van der Waals surface area contributed by atoms with E-state index in [1.165, 1.54) is 30.1 Å². The van der Waals surface area contributed by atoms with Crippen LogP contribution in [0, 0.1) is 5.82 Å². The number of rotatable bonds is 6. The van der Waals surface area contributed by atoms with Gasteiger partial charge in [0.15, 0.2) is 0 Å². The highest BCUT2D eigenvalue weighted by Gasteiger charge is 2.35. The molecule has 1 aromatic heterocycles. The Balaban J connectivity index is 1.42. The number of ketones is 1. The molecule has 0 bridgehead atoms. The molecule has 2 atom stereocenters. The van der Waals surface area contributed by atoms with E-state index < -0.39 is 11.7 Å². The van der Waals surface area contributed by atoms with E-state index in [0.717, 1.165) is 18.4 Å². The number of benzene rings is 2. The van der Waals surface area contributed by atoms with Crippen molar-refractivity contribution in [3.63, 3.8) is 0 Å². The second-order valence-electron chi connectivity index (χ2n) is 10.6. The van der Waals surface area contributed by atoms with Gasteiger partial charge >= 0.3 is 0 Å². The van der Waals surface area contributed by atoms with Crippen molar-refractivity contribution in [3.05, 3.63) is 65.1 Å². The molecule has 206 valence electrons. The van der Waals surface area contributed by atoms with Gasteiger partial charge in [0.2, 0.25) is 0 Å². The Kier molecular flexibility index (Phi) is 7.31. The molecular formula is C29H34FN5O4. The number of carbonyl (C=O) groups excluding carboxylic acids is 3. The summed E-state index contributed by atoms with van der Waals surface area (Å²) in [5.41, 5.74) is 1.98. The first-order valence-electron chi connectivity index (χ1n) is 13.3. The fourth-order valence-electron chi connectivity index (χ4n) is 5.65. The maximum Gasteiger partial charge on any atom is 0.295 e. The third-order valence-corrected chi connectivity index (χ3v) is 7.89. The zero-order valence-corrected chi connectivity index (χ0v) is 22.5. The van der Waals surface area contributed by atoms with Crippen LogP contribution >= 0.6 is 0 Å². The number of hydrogen-bond donors (Lipinski definition) is 1. The lowest BCUT2D eigenvalue weighted by Gasteiger charge is -2.44. The Morgan fingerprint density at radius 2 is 1.69 bits per heavy atom. The second kappa shape index (κ2) is 10.7. The molecule has 2 N–H and O–H groups in total. The fourth-order valence-corrected chi connectivity index (χ4v) is 5.65. The van der Waals surface area contributed by atoms with Crippen molar-refractivity contribution in [1.82, 2.24) is 19.4 Å². The summed E-state index contributed by atoms with van der Waals surface area (Å²) in [5, 5.41) is 0.440. The van der Waals surface area contributed by atoms with Gasteiger partial charge in [-0.25, -0.2) is 4.39 Å². The first kappa shape index (κ1) is 26.7. The van der Waals surface area contributed by atoms with Gasteiger partial charge in [-0.05, 0) is 50.5 Å². The van der Waals surface area contributed by atoms with Crippen molar-refractivity contribution in [2.45, 2.75) is 45.3 Å². The number of Topliss-reactive ketones (excluding diaryl/α,β-unsaturated/α-hetero) is 1. The average molecular weight is 536 g/mol. The fraction of sp³-hybridized carbons (Fsp3) is 0.414. The zero-order chi connectivity index (χ0) is 27.8. The number of likely N-dealkylation sites (tertiary alicyclic amines) is 1. The number of halogens is 1. The number of methoxy groups -OCH3 is 1. The molecule has 2 aliphatic rings. The number of ether oxygens (including phenoxy) is 1. The molecule has 10 heteroatoms. The molecule has 3 heterocycles. The van der Waals surface area contributed by atoms with Crippen LogP contribution in [0.2, 0.25) is 0 Å². The van der Waals surface area contributed by atoms with Gasteiger partial charge in [-0.3, -0.25) is 24.0 Å². The van der Waals surface area contributed by atoms with E-state index in [1.54, 1.807) is 29.2 Å². The Hall–Kier alpha value is -3.92. The number of nitrogens with zero attached hydrogens (tertiary/aromatic N) is 4. The Morgan fingerprint density at radius 1 is 1.00 bits per heavy atom. The van der Waals surface area contributed by atoms with Crippen LogP contribution in [0.25, 0.3) is 10.9 Å². The predicted molar refractivity (Wildman–Crippen MR) is 146 cm³/mol. The molecule has 2 fully saturated rings. The lowest BCUT2D eigenvalue weighted by atomic mass is 10.0. The van der Waals surface area contributed by atoms with Crippen molar-refractivity contribution in [1.29, 1.82) is 0 Å². The minimum Gasteiger partial charge on any atom is -0.496 e. The van der Waals surface area contributed by atoms with Gasteiger partial charge in [0.05, 0.1) is 23.8 Å². The van der Waals surface area contributed by atoms with Crippen molar-refractivity contribution in [2.75, 3.05) is 39.1 Å². The van der Waals surface area contributed by atoms with Crippen LogP contribution in [0.3, 0.4) is 0 Å². The monoisotopic (exact) mass is 535 g/mol. The number of carbonyl (C=O) groups is 3. The number of nitrogen functional groups attached to an aromatic ring is 1. The molecule has 0 aliphatic carbocycles. The summed E-state index contributed by atoms with van der Waals surface area (Å²) in [5.74, 6) is 4.82. The molecule has 0 spiro atoms. The highest BCUT2D eigenvalue weighted by Crippen LogP contribution is 2.32. The Morgan fingerprint density at radius 3 is 2.36 bits per heavy atom. The number of piperazine rings is 1. The van der Waals surface area contributed by atoms with Crippen molar-refractivity contribution >= 4 is 28.5 Å². The maximum atomic E-state index is 13.9. The minimum atomic E-state index is -0.633. The molecule has 2 amide bonds. The molecule has 3 aromatic rings. The number of amides is 2. The number of nitrogens with two attached hydrogens (primary N) is 1. The van der Waals surface area contributed by atoms with Gasteiger partial charge < -0.3 is 20.4 Å². The molecule has 0 saturated carbocycles. The van der Waals surface area contributed by atoms with Crippen LogP contribution in [0.1, 0.15) is 53.0 Å². The number of hydrogen-bond acceptors (Lipinski definition) is 6. The summed E-state index contributed by atoms with van der Waals surface area (Å²) >= 11 is 0. The summed E-state index contributed by atoms with van der Waals surface area (Å²) in [6.07, 6.45) is 3.19. The van der Waals surface area contributed by atoms with E-state index >= 15 is 0 Å². The van der Waals surface area contributed by atoms with Gasteiger partial charge in [-0.15, -0.1) is 0 Å². The summed E-state index contributed by atoms with van der Waals surface area (Å²) in [7, 11) is 1.48. The van der Waals surface area contributed by atoms with E-state index in [-0.39, 0.29) is 29.4 Å². The van der Waals surface area contributed by atoms with Crippen molar-refractivity contribution in [2.24, 2.45) is 0 Å². The highest BCUT2D eigenvalue weighted by atomic mass is 19.1. The van der Waals surface area contributed by atoms with Crippen LogP contribution in [-0.4, -0.2) is 82.3 Å². The SMILES string of the molecule is COc1cc2c(cc1C(=O)N1C[C@H](C)N(Cc3ccc(F)cc3)C[C@H]1C)c(C(=O)C(=O)N1CCCC1)cn2N. The van der Waals surface area contributed by atoms with Gasteiger partial charge in [-0.1, -0.05) is 12.1 Å². The topological polar surface area (TPSA) is 101 Å². The normalized spacial score (nSPS) is 20.0. The molecular weight excluding hydrogens is 501 g/mol. The quantitative estimate of drug-likeness (QED) is 0.296. The summed E-state index contributed by atoms with van der Waals surface area (Å²) in [6, 6.07) is 9.68. The van der Waals surface area contributed by atoms with Crippen LogP contribution in [0.5, 0.6) is 5.75 Å². The predicted octanol–water partition coefficient (Wildman–Crippen LogP) is 3.04. The maximum absolute atomic E-state index is 13.9. The molecule has 9 nitrogen and oxygen atoms in total. The van der Waals surface area contributed by atoms with E-state index in [0.29, 0.717) is 54.9 Å². The first-order valence-corrected chi connectivity index (χ1v) is 13.3. The molecule has 0 radical (unpaired) electrons. The van der Waals surface area contributed by atoms with E-state index in [1.807, 2.05) is 11.8 Å². The highest BCUT2D eigenvalue weighted by molar-refractivity contribution is 6.45. The molecule has 2 aromatic carbocycles. The zero-order valence-electron chi connectivity index (χ0n) is 22.5.